The van der Waals surface area contributed by atoms with Crippen LogP contribution >= 0.6 is 11.3 Å². The van der Waals surface area contributed by atoms with Crippen molar-refractivity contribution in [2.75, 3.05) is 44.7 Å². The van der Waals surface area contributed by atoms with Gasteiger partial charge >= 0.3 is 0 Å². The molecule has 0 atom stereocenters. The topological polar surface area (TPSA) is 77.0 Å². The molecule has 0 spiro atoms. The Labute approximate surface area is 168 Å². The summed E-state index contributed by atoms with van der Waals surface area (Å²) in [6.45, 7) is 6.40. The van der Waals surface area contributed by atoms with Gasteiger partial charge in [0.1, 0.15) is 10.6 Å². The fourth-order valence-electron chi connectivity index (χ4n) is 3.81. The number of aromatic nitrogens is 1. The summed E-state index contributed by atoms with van der Waals surface area (Å²) in [4.78, 5) is 35.9. The molecule has 1 fully saturated rings. The maximum atomic E-state index is 12.9. The van der Waals surface area contributed by atoms with Crippen molar-refractivity contribution in [2.24, 2.45) is 0 Å². The number of hydrogen-bond donors (Lipinski definition) is 1. The number of aryl methyl sites for hydroxylation is 1. The Balaban J connectivity index is 1.57. The number of hydrogen-bond acceptors (Lipinski definition) is 7. The molecule has 0 saturated carbocycles. The molecule has 2 aromatic rings. The van der Waals surface area contributed by atoms with Crippen LogP contribution in [0.15, 0.2) is 12.1 Å². The van der Waals surface area contributed by atoms with Gasteiger partial charge in [0, 0.05) is 39.3 Å². The molecule has 1 amide bonds. The van der Waals surface area contributed by atoms with E-state index in [9.17, 15) is 14.7 Å². The van der Waals surface area contributed by atoms with Crippen LogP contribution in [0.1, 0.15) is 36.9 Å². The van der Waals surface area contributed by atoms with Crippen molar-refractivity contribution >= 4 is 28.7 Å². The molecule has 3 heterocycles. The van der Waals surface area contributed by atoms with Crippen LogP contribution < -0.4 is 4.90 Å². The minimum atomic E-state index is 0.0110. The van der Waals surface area contributed by atoms with Crippen molar-refractivity contribution in [3.8, 4) is 5.75 Å². The van der Waals surface area contributed by atoms with Crippen LogP contribution in [-0.4, -0.2) is 71.9 Å². The first kappa shape index (κ1) is 18.9. The van der Waals surface area contributed by atoms with E-state index in [0.29, 0.717) is 23.3 Å². The van der Waals surface area contributed by atoms with Gasteiger partial charge in [0.15, 0.2) is 11.4 Å². The van der Waals surface area contributed by atoms with Crippen LogP contribution in [0.4, 0.5) is 5.13 Å². The highest BCUT2D eigenvalue weighted by atomic mass is 32.1. The molecule has 0 unspecified atom stereocenters. The molecule has 1 aromatic heterocycles. The average Bonchev–Trinajstić information content (AvgIpc) is 3.09. The van der Waals surface area contributed by atoms with E-state index in [-0.39, 0.29) is 11.7 Å². The van der Waals surface area contributed by atoms with Crippen LogP contribution in [0.2, 0.25) is 0 Å². The van der Waals surface area contributed by atoms with Gasteiger partial charge in [0.05, 0.1) is 11.3 Å². The molecule has 2 aliphatic rings. The predicted octanol–water partition coefficient (Wildman–Crippen LogP) is 1.92. The molecular formula is C20H24N4O3S. The zero-order chi connectivity index (χ0) is 19.8. The van der Waals surface area contributed by atoms with Gasteiger partial charge in [-0.1, -0.05) is 17.4 Å². The standard InChI is InChI=1S/C20H24N4O3S/c1-13-18(19(27)23-9-7-22(2)8-10-23)28-20(21-13)24-6-5-14-3-4-17(26)16(12-25)15(14)11-24/h3-4,12,26H,5-11H2,1-2H3. The maximum Gasteiger partial charge on any atom is 0.266 e. The monoisotopic (exact) mass is 400 g/mol. The Morgan fingerprint density at radius 1 is 1.21 bits per heavy atom. The number of carbonyl (C=O) groups is 2. The van der Waals surface area contributed by atoms with Crippen molar-refractivity contribution < 1.29 is 14.7 Å². The lowest BCUT2D eigenvalue weighted by molar-refractivity contribution is 0.0668. The zero-order valence-corrected chi connectivity index (χ0v) is 17.0. The van der Waals surface area contributed by atoms with Crippen LogP contribution in [0, 0.1) is 6.92 Å². The SMILES string of the molecule is Cc1nc(N2CCc3ccc(O)c(C=O)c3C2)sc1C(=O)N1CCN(C)CC1. The number of nitrogens with zero attached hydrogens (tertiary/aromatic N) is 4. The first-order chi connectivity index (χ1) is 13.5. The van der Waals surface area contributed by atoms with E-state index >= 15 is 0 Å². The van der Waals surface area contributed by atoms with E-state index in [1.807, 2.05) is 17.9 Å². The molecule has 1 aromatic carbocycles. The molecule has 28 heavy (non-hydrogen) atoms. The van der Waals surface area contributed by atoms with Gasteiger partial charge in [-0.05, 0) is 37.6 Å². The van der Waals surface area contributed by atoms with Gasteiger partial charge in [0.2, 0.25) is 0 Å². The van der Waals surface area contributed by atoms with Gasteiger partial charge in [-0.3, -0.25) is 9.59 Å². The highest BCUT2D eigenvalue weighted by Crippen LogP contribution is 2.34. The summed E-state index contributed by atoms with van der Waals surface area (Å²) in [5.41, 5.74) is 3.03. The number of piperazine rings is 1. The molecular weight excluding hydrogens is 376 g/mol. The van der Waals surface area contributed by atoms with Gasteiger partial charge in [-0.15, -0.1) is 0 Å². The van der Waals surface area contributed by atoms with E-state index in [1.54, 1.807) is 6.07 Å². The third-order valence-electron chi connectivity index (χ3n) is 5.59. The second kappa shape index (κ2) is 7.52. The Bertz CT molecular complexity index is 918. The molecule has 0 bridgehead atoms. The minimum Gasteiger partial charge on any atom is -0.507 e. The Morgan fingerprint density at radius 3 is 2.68 bits per heavy atom. The average molecular weight is 401 g/mol. The molecule has 8 heteroatoms. The number of rotatable bonds is 3. The van der Waals surface area contributed by atoms with Crippen LogP contribution in [0.25, 0.3) is 0 Å². The fraction of sp³-hybridized carbons (Fsp3) is 0.450. The van der Waals surface area contributed by atoms with Gasteiger partial charge < -0.3 is 19.8 Å². The largest absolute Gasteiger partial charge is 0.507 e. The molecule has 2 aliphatic heterocycles. The first-order valence-corrected chi connectivity index (χ1v) is 10.3. The second-order valence-corrected chi connectivity index (χ2v) is 8.41. The van der Waals surface area contributed by atoms with Crippen LogP contribution in [-0.2, 0) is 13.0 Å². The summed E-state index contributed by atoms with van der Waals surface area (Å²) >= 11 is 1.42. The van der Waals surface area contributed by atoms with E-state index in [0.717, 1.165) is 61.1 Å². The lowest BCUT2D eigenvalue weighted by atomic mass is 9.95. The number of phenolic OH excluding ortho intramolecular Hbond substituents is 1. The van der Waals surface area contributed by atoms with Gasteiger partial charge in [-0.2, -0.15) is 0 Å². The zero-order valence-electron chi connectivity index (χ0n) is 16.1. The number of thiazole rings is 1. The Morgan fingerprint density at radius 2 is 1.96 bits per heavy atom. The molecule has 4 rings (SSSR count). The molecule has 7 nitrogen and oxygen atoms in total. The maximum absolute atomic E-state index is 12.9. The van der Waals surface area contributed by atoms with Gasteiger partial charge in [0.25, 0.3) is 5.91 Å². The lowest BCUT2D eigenvalue weighted by Gasteiger charge is -2.32. The normalized spacial score (nSPS) is 17.5. The first-order valence-electron chi connectivity index (χ1n) is 9.47. The molecule has 148 valence electrons. The number of likely N-dealkylation sites (N-methyl/N-ethyl adjacent to an activating group) is 1. The third-order valence-corrected chi connectivity index (χ3v) is 6.80. The quantitative estimate of drug-likeness (QED) is 0.794. The summed E-state index contributed by atoms with van der Waals surface area (Å²) in [5.74, 6) is 0.0647. The summed E-state index contributed by atoms with van der Waals surface area (Å²) < 4.78 is 0. The van der Waals surface area contributed by atoms with E-state index in [1.165, 1.54) is 11.3 Å². The summed E-state index contributed by atoms with van der Waals surface area (Å²) in [6.07, 6.45) is 1.49. The Kier molecular flexibility index (Phi) is 5.07. The number of phenols is 1. The number of amides is 1. The van der Waals surface area contributed by atoms with Crippen LogP contribution in [0.3, 0.4) is 0 Å². The highest BCUT2D eigenvalue weighted by Gasteiger charge is 2.27. The van der Waals surface area contributed by atoms with Crippen molar-refractivity contribution in [3.05, 3.63) is 39.4 Å². The molecule has 1 N–H and O–H groups in total. The van der Waals surface area contributed by atoms with Crippen molar-refractivity contribution in [1.82, 2.24) is 14.8 Å². The number of carbonyl (C=O) groups excluding carboxylic acids is 2. The Hall–Kier alpha value is -2.45. The fourth-order valence-corrected chi connectivity index (χ4v) is 4.87. The van der Waals surface area contributed by atoms with Crippen LogP contribution in [0.5, 0.6) is 5.75 Å². The smallest absolute Gasteiger partial charge is 0.266 e. The summed E-state index contributed by atoms with van der Waals surface area (Å²) in [6, 6.07) is 3.46. The number of aldehydes is 1. The molecule has 0 aliphatic carbocycles. The highest BCUT2D eigenvalue weighted by molar-refractivity contribution is 7.17. The summed E-state index contributed by atoms with van der Waals surface area (Å²) in [5, 5.41) is 10.8. The number of anilines is 1. The van der Waals surface area contributed by atoms with E-state index in [4.69, 9.17) is 0 Å². The molecule has 0 radical (unpaired) electrons. The lowest BCUT2D eigenvalue weighted by Crippen LogP contribution is -2.47. The number of aromatic hydroxyl groups is 1. The number of fused-ring (bicyclic) bond motifs is 1. The van der Waals surface area contributed by atoms with Gasteiger partial charge in [-0.25, -0.2) is 4.98 Å². The van der Waals surface area contributed by atoms with Crippen molar-refractivity contribution in [2.45, 2.75) is 19.9 Å². The third kappa shape index (κ3) is 3.38. The van der Waals surface area contributed by atoms with Crippen molar-refractivity contribution in [1.29, 1.82) is 0 Å². The van der Waals surface area contributed by atoms with E-state index in [2.05, 4.69) is 21.8 Å². The molecule has 1 saturated heterocycles. The predicted molar refractivity (Wildman–Crippen MR) is 108 cm³/mol. The minimum absolute atomic E-state index is 0.0110. The summed E-state index contributed by atoms with van der Waals surface area (Å²) in [7, 11) is 2.07. The number of benzene rings is 1. The van der Waals surface area contributed by atoms with E-state index < -0.39 is 0 Å². The van der Waals surface area contributed by atoms with Crippen molar-refractivity contribution in [3.63, 3.8) is 0 Å². The second-order valence-electron chi connectivity index (χ2n) is 7.43.